The van der Waals surface area contributed by atoms with Gasteiger partial charge >= 0.3 is 0 Å². The van der Waals surface area contributed by atoms with Crippen LogP contribution in [0, 0.1) is 5.92 Å². The van der Waals surface area contributed by atoms with Gasteiger partial charge < -0.3 is 10.2 Å². The minimum atomic E-state index is 0.801. The van der Waals surface area contributed by atoms with Crippen molar-refractivity contribution >= 4 is 0 Å². The average Bonchev–Trinajstić information content (AvgIpc) is 2.57. The molecule has 1 N–H and O–H groups in total. The summed E-state index contributed by atoms with van der Waals surface area (Å²) >= 11 is 0. The van der Waals surface area contributed by atoms with Gasteiger partial charge in [0.2, 0.25) is 0 Å². The normalized spacial score (nSPS) is 27.9. The molecule has 0 unspecified atom stereocenters. The van der Waals surface area contributed by atoms with Crippen molar-refractivity contribution in [3.63, 3.8) is 0 Å². The number of rotatable bonds is 4. The molecule has 1 heterocycles. The quantitative estimate of drug-likeness (QED) is 0.909. The van der Waals surface area contributed by atoms with E-state index in [-0.39, 0.29) is 0 Å². The molecule has 3 rings (SSSR count). The fraction of sp³-hybridized carbons (Fsp3) is 0.684. The van der Waals surface area contributed by atoms with Crippen LogP contribution < -0.4 is 5.32 Å². The van der Waals surface area contributed by atoms with Crippen LogP contribution in [-0.2, 0) is 0 Å². The predicted octanol–water partition coefficient (Wildman–Crippen LogP) is 3.64. The summed E-state index contributed by atoms with van der Waals surface area (Å²) in [6.45, 7) is 3.75. The van der Waals surface area contributed by atoms with E-state index in [4.69, 9.17) is 0 Å². The lowest BCUT2D eigenvalue weighted by molar-refractivity contribution is 0.147. The first kappa shape index (κ1) is 15.1. The molecule has 0 aromatic heterocycles. The Labute approximate surface area is 129 Å². The van der Waals surface area contributed by atoms with Crippen molar-refractivity contribution < 1.29 is 0 Å². The predicted molar refractivity (Wildman–Crippen MR) is 89.7 cm³/mol. The van der Waals surface area contributed by atoms with Crippen molar-refractivity contribution in [1.29, 1.82) is 0 Å². The molecule has 1 saturated carbocycles. The van der Waals surface area contributed by atoms with E-state index >= 15 is 0 Å². The molecule has 21 heavy (non-hydrogen) atoms. The molecule has 2 aliphatic rings. The Morgan fingerprint density at radius 3 is 2.29 bits per heavy atom. The lowest BCUT2D eigenvalue weighted by Gasteiger charge is -2.37. The van der Waals surface area contributed by atoms with E-state index in [1.807, 2.05) is 0 Å². The second-order valence-electron chi connectivity index (χ2n) is 7.05. The zero-order valence-corrected chi connectivity index (χ0v) is 13.4. The van der Waals surface area contributed by atoms with E-state index in [1.54, 1.807) is 5.56 Å². The Balaban J connectivity index is 1.46. The summed E-state index contributed by atoms with van der Waals surface area (Å²) < 4.78 is 0. The van der Waals surface area contributed by atoms with Crippen molar-refractivity contribution in [3.05, 3.63) is 35.9 Å². The zero-order chi connectivity index (χ0) is 14.5. The van der Waals surface area contributed by atoms with E-state index in [2.05, 4.69) is 47.6 Å². The fourth-order valence-electron chi connectivity index (χ4n) is 4.20. The lowest BCUT2D eigenvalue weighted by atomic mass is 9.81. The fourth-order valence-corrected chi connectivity index (χ4v) is 4.20. The molecule has 1 aromatic carbocycles. The molecule has 1 saturated heterocycles. The molecule has 0 spiro atoms. The van der Waals surface area contributed by atoms with Gasteiger partial charge in [-0.25, -0.2) is 0 Å². The molecule has 2 fully saturated rings. The Hall–Kier alpha value is -0.860. The van der Waals surface area contributed by atoms with Gasteiger partial charge in [0.25, 0.3) is 0 Å². The molecule has 1 aliphatic heterocycles. The molecule has 1 aromatic rings. The van der Waals surface area contributed by atoms with Crippen LogP contribution >= 0.6 is 0 Å². The van der Waals surface area contributed by atoms with Crippen LogP contribution in [0.2, 0.25) is 0 Å². The molecule has 0 atom stereocenters. The van der Waals surface area contributed by atoms with E-state index in [1.165, 1.54) is 58.2 Å². The minimum Gasteiger partial charge on any atom is -0.317 e. The van der Waals surface area contributed by atoms with Gasteiger partial charge in [0, 0.05) is 12.6 Å². The zero-order valence-electron chi connectivity index (χ0n) is 13.4. The maximum absolute atomic E-state index is 3.47. The summed E-state index contributed by atoms with van der Waals surface area (Å²) in [5, 5.41) is 3.47. The minimum absolute atomic E-state index is 0.801. The Morgan fingerprint density at radius 1 is 0.952 bits per heavy atom. The Bertz CT molecular complexity index is 403. The summed E-state index contributed by atoms with van der Waals surface area (Å²) in [5.41, 5.74) is 1.55. The molecule has 0 amide bonds. The van der Waals surface area contributed by atoms with Crippen molar-refractivity contribution in [1.82, 2.24) is 10.2 Å². The molecule has 2 nitrogen and oxygen atoms in total. The maximum atomic E-state index is 3.47. The number of benzene rings is 1. The van der Waals surface area contributed by atoms with Crippen LogP contribution in [0.25, 0.3) is 0 Å². The van der Waals surface area contributed by atoms with E-state index < -0.39 is 0 Å². The summed E-state index contributed by atoms with van der Waals surface area (Å²) in [6.07, 6.45) is 8.21. The topological polar surface area (TPSA) is 15.3 Å². The second kappa shape index (κ2) is 7.42. The van der Waals surface area contributed by atoms with Gasteiger partial charge in [0.05, 0.1) is 0 Å². The van der Waals surface area contributed by atoms with E-state index in [0.717, 1.165) is 17.9 Å². The van der Waals surface area contributed by atoms with Gasteiger partial charge in [-0.05, 0) is 76.1 Å². The number of hydrogen-bond donors (Lipinski definition) is 1. The highest BCUT2D eigenvalue weighted by atomic mass is 15.1. The Kier molecular flexibility index (Phi) is 5.32. The van der Waals surface area contributed by atoms with Crippen LogP contribution in [-0.4, -0.2) is 37.6 Å². The van der Waals surface area contributed by atoms with E-state index in [0.29, 0.717) is 0 Å². The molecule has 2 heteroatoms. The largest absolute Gasteiger partial charge is 0.317 e. The van der Waals surface area contributed by atoms with Gasteiger partial charge in [-0.1, -0.05) is 30.3 Å². The maximum Gasteiger partial charge on any atom is 0.00927 e. The highest BCUT2D eigenvalue weighted by Crippen LogP contribution is 2.34. The highest BCUT2D eigenvalue weighted by molar-refractivity contribution is 5.20. The van der Waals surface area contributed by atoms with Crippen LogP contribution in [0.1, 0.15) is 50.0 Å². The molecule has 1 aliphatic carbocycles. The average molecular weight is 286 g/mol. The lowest BCUT2D eigenvalue weighted by Crippen LogP contribution is -2.40. The Morgan fingerprint density at radius 2 is 1.62 bits per heavy atom. The van der Waals surface area contributed by atoms with Crippen molar-refractivity contribution in [2.45, 2.75) is 50.5 Å². The van der Waals surface area contributed by atoms with E-state index in [9.17, 15) is 0 Å². The third kappa shape index (κ3) is 4.08. The van der Waals surface area contributed by atoms with Crippen LogP contribution in [0.15, 0.2) is 30.3 Å². The molecule has 0 bridgehead atoms. The van der Waals surface area contributed by atoms with Gasteiger partial charge in [0.1, 0.15) is 0 Å². The van der Waals surface area contributed by atoms with Crippen molar-refractivity contribution in [2.24, 2.45) is 5.92 Å². The van der Waals surface area contributed by atoms with Crippen molar-refractivity contribution in [3.8, 4) is 0 Å². The first-order chi connectivity index (χ1) is 10.3. The SMILES string of the molecule is CN(CC1CCNCC1)C1CCC(c2ccccc2)CC1. The number of nitrogens with zero attached hydrogens (tertiary/aromatic N) is 1. The van der Waals surface area contributed by atoms with Gasteiger partial charge in [-0.3, -0.25) is 0 Å². The molecular formula is C19H30N2. The summed E-state index contributed by atoms with van der Waals surface area (Å²) in [7, 11) is 2.36. The number of nitrogens with one attached hydrogen (secondary N) is 1. The standard InChI is InChI=1S/C19H30N2/c1-21(15-16-11-13-20-14-12-16)19-9-7-18(8-10-19)17-5-3-2-4-6-17/h2-6,16,18-20H,7-15H2,1H3. The smallest absolute Gasteiger partial charge is 0.00927 e. The number of hydrogen-bond acceptors (Lipinski definition) is 2. The van der Waals surface area contributed by atoms with Crippen LogP contribution in [0.4, 0.5) is 0 Å². The van der Waals surface area contributed by atoms with Gasteiger partial charge in [-0.15, -0.1) is 0 Å². The number of piperidine rings is 1. The molecular weight excluding hydrogens is 256 g/mol. The molecule has 0 radical (unpaired) electrons. The summed E-state index contributed by atoms with van der Waals surface area (Å²) in [6, 6.07) is 11.9. The third-order valence-corrected chi connectivity index (χ3v) is 5.60. The third-order valence-electron chi connectivity index (χ3n) is 5.60. The van der Waals surface area contributed by atoms with Crippen LogP contribution in [0.3, 0.4) is 0 Å². The van der Waals surface area contributed by atoms with Crippen LogP contribution in [0.5, 0.6) is 0 Å². The second-order valence-corrected chi connectivity index (χ2v) is 7.05. The van der Waals surface area contributed by atoms with Gasteiger partial charge in [-0.2, -0.15) is 0 Å². The summed E-state index contributed by atoms with van der Waals surface area (Å²) in [4.78, 5) is 2.66. The summed E-state index contributed by atoms with van der Waals surface area (Å²) in [5.74, 6) is 1.72. The monoisotopic (exact) mass is 286 g/mol. The first-order valence-electron chi connectivity index (χ1n) is 8.79. The molecule has 116 valence electrons. The van der Waals surface area contributed by atoms with Crippen molar-refractivity contribution in [2.75, 3.05) is 26.7 Å². The first-order valence-corrected chi connectivity index (χ1v) is 8.79. The highest BCUT2D eigenvalue weighted by Gasteiger charge is 2.26. The van der Waals surface area contributed by atoms with Gasteiger partial charge in [0.15, 0.2) is 0 Å².